The fourth-order valence-corrected chi connectivity index (χ4v) is 3.52. The van der Waals surface area contributed by atoms with Gasteiger partial charge in [-0.1, -0.05) is 22.0 Å². The van der Waals surface area contributed by atoms with Gasteiger partial charge in [0.25, 0.3) is 0 Å². The molecule has 1 atom stereocenters. The highest BCUT2D eigenvalue weighted by Gasteiger charge is 2.12. The van der Waals surface area contributed by atoms with Crippen LogP contribution in [0.25, 0.3) is 0 Å². The molecule has 0 fully saturated rings. The summed E-state index contributed by atoms with van der Waals surface area (Å²) in [6.45, 7) is 1.68. The molecule has 0 spiro atoms. The minimum atomic E-state index is -1.44. The number of carboxylic acid groups (broad SMARTS) is 1. The molecule has 21 heavy (non-hydrogen) atoms. The van der Waals surface area contributed by atoms with Crippen LogP contribution in [-0.2, 0) is 16.6 Å². The molecule has 0 radical (unpaired) electrons. The molecule has 0 aliphatic rings. The first-order chi connectivity index (χ1) is 9.86. The van der Waals surface area contributed by atoms with Crippen LogP contribution in [0.5, 0.6) is 0 Å². The van der Waals surface area contributed by atoms with Crippen molar-refractivity contribution in [3.8, 4) is 0 Å². The zero-order valence-corrected chi connectivity index (χ0v) is 13.5. The van der Waals surface area contributed by atoms with Gasteiger partial charge in [-0.05, 0) is 48.4 Å². The van der Waals surface area contributed by atoms with Crippen LogP contribution >= 0.6 is 15.9 Å². The zero-order valence-electron chi connectivity index (χ0n) is 11.1. The second-order valence-corrected chi connectivity index (χ2v) is 6.92. The van der Waals surface area contributed by atoms with E-state index in [9.17, 15) is 13.4 Å². The van der Waals surface area contributed by atoms with Gasteiger partial charge in [0, 0.05) is 9.37 Å². The SMILES string of the molecule is Cc1ccc(S(=O)Cc2cc(F)cc(Br)c2)cc1C(=O)O. The Bertz CT molecular complexity index is 711. The van der Waals surface area contributed by atoms with Crippen molar-refractivity contribution >= 4 is 32.7 Å². The van der Waals surface area contributed by atoms with Crippen LogP contribution in [0.4, 0.5) is 4.39 Å². The van der Waals surface area contributed by atoms with E-state index in [1.54, 1.807) is 25.1 Å². The third-order valence-electron chi connectivity index (χ3n) is 2.92. The summed E-state index contributed by atoms with van der Waals surface area (Å²) in [5.74, 6) is -1.34. The van der Waals surface area contributed by atoms with E-state index < -0.39 is 22.6 Å². The van der Waals surface area contributed by atoms with Crippen LogP contribution in [0.15, 0.2) is 45.8 Å². The summed E-state index contributed by atoms with van der Waals surface area (Å²) in [7, 11) is -1.44. The third-order valence-corrected chi connectivity index (χ3v) is 4.76. The largest absolute Gasteiger partial charge is 0.478 e. The molecule has 2 aromatic carbocycles. The van der Waals surface area contributed by atoms with E-state index in [1.165, 1.54) is 18.2 Å². The van der Waals surface area contributed by atoms with E-state index in [2.05, 4.69) is 15.9 Å². The molecule has 0 saturated carbocycles. The number of rotatable bonds is 4. The Morgan fingerprint density at radius 2 is 2.00 bits per heavy atom. The van der Waals surface area contributed by atoms with E-state index in [-0.39, 0.29) is 11.3 Å². The summed E-state index contributed by atoms with van der Waals surface area (Å²) in [5.41, 5.74) is 1.32. The van der Waals surface area contributed by atoms with Crippen molar-refractivity contribution in [3.63, 3.8) is 0 Å². The molecule has 2 aromatic rings. The Morgan fingerprint density at radius 3 is 2.62 bits per heavy atom. The van der Waals surface area contributed by atoms with Crippen LogP contribution in [0.2, 0.25) is 0 Å². The highest BCUT2D eigenvalue weighted by atomic mass is 79.9. The van der Waals surface area contributed by atoms with Gasteiger partial charge in [-0.15, -0.1) is 0 Å². The number of aromatic carboxylic acids is 1. The monoisotopic (exact) mass is 370 g/mol. The van der Waals surface area contributed by atoms with Gasteiger partial charge in [0.1, 0.15) is 5.82 Å². The molecular weight excluding hydrogens is 359 g/mol. The lowest BCUT2D eigenvalue weighted by atomic mass is 10.1. The molecule has 2 rings (SSSR count). The van der Waals surface area contributed by atoms with Gasteiger partial charge in [-0.3, -0.25) is 4.21 Å². The van der Waals surface area contributed by atoms with Crippen LogP contribution in [-0.4, -0.2) is 15.3 Å². The molecular formula is C15H12BrFO3S. The lowest BCUT2D eigenvalue weighted by molar-refractivity contribution is 0.0696. The second kappa shape index (κ2) is 6.49. The molecule has 6 heteroatoms. The minimum Gasteiger partial charge on any atom is -0.478 e. The van der Waals surface area contributed by atoms with Crippen molar-refractivity contribution in [2.45, 2.75) is 17.6 Å². The van der Waals surface area contributed by atoms with Crippen LogP contribution in [0.1, 0.15) is 21.5 Å². The fourth-order valence-electron chi connectivity index (χ4n) is 1.90. The van der Waals surface area contributed by atoms with Gasteiger partial charge in [0.2, 0.25) is 0 Å². The second-order valence-electron chi connectivity index (χ2n) is 4.55. The molecule has 1 N–H and O–H groups in total. The van der Waals surface area contributed by atoms with E-state index in [0.29, 0.717) is 20.5 Å². The average molecular weight is 371 g/mol. The van der Waals surface area contributed by atoms with Crippen molar-refractivity contribution in [2.24, 2.45) is 0 Å². The van der Waals surface area contributed by atoms with E-state index >= 15 is 0 Å². The van der Waals surface area contributed by atoms with Crippen molar-refractivity contribution in [1.29, 1.82) is 0 Å². The van der Waals surface area contributed by atoms with E-state index in [0.717, 1.165) is 0 Å². The molecule has 1 unspecified atom stereocenters. The van der Waals surface area contributed by atoms with Gasteiger partial charge in [0.15, 0.2) is 0 Å². The van der Waals surface area contributed by atoms with Gasteiger partial charge >= 0.3 is 5.97 Å². The molecule has 110 valence electrons. The molecule has 0 aromatic heterocycles. The molecule has 3 nitrogen and oxygen atoms in total. The summed E-state index contributed by atoms with van der Waals surface area (Å²) in [6, 6.07) is 8.98. The highest BCUT2D eigenvalue weighted by molar-refractivity contribution is 9.10. The van der Waals surface area contributed by atoms with Crippen molar-refractivity contribution in [3.05, 3.63) is 63.4 Å². The van der Waals surface area contributed by atoms with Crippen LogP contribution in [0.3, 0.4) is 0 Å². The van der Waals surface area contributed by atoms with Crippen LogP contribution < -0.4 is 0 Å². The molecule has 0 amide bonds. The summed E-state index contributed by atoms with van der Waals surface area (Å²) >= 11 is 3.18. The fraction of sp³-hybridized carbons (Fsp3) is 0.133. The van der Waals surface area contributed by atoms with Gasteiger partial charge < -0.3 is 5.11 Å². The predicted molar refractivity (Wildman–Crippen MR) is 82.4 cm³/mol. The molecule has 0 saturated heterocycles. The lowest BCUT2D eigenvalue weighted by Crippen LogP contribution is -2.03. The minimum absolute atomic E-state index is 0.123. The standard InChI is InChI=1S/C15H12BrFO3S/c1-9-2-3-13(7-14(9)15(18)19)21(20)8-10-4-11(16)6-12(17)5-10/h2-7H,8H2,1H3,(H,18,19). The number of carbonyl (C=O) groups is 1. The summed E-state index contributed by atoms with van der Waals surface area (Å²) in [6.07, 6.45) is 0. The quantitative estimate of drug-likeness (QED) is 0.887. The molecule has 0 heterocycles. The van der Waals surface area contributed by atoms with E-state index in [4.69, 9.17) is 5.11 Å². The number of hydrogen-bond acceptors (Lipinski definition) is 2. The Morgan fingerprint density at radius 1 is 1.29 bits per heavy atom. The number of halogens is 2. The normalized spacial score (nSPS) is 12.1. The van der Waals surface area contributed by atoms with E-state index in [1.807, 2.05) is 0 Å². The van der Waals surface area contributed by atoms with Crippen molar-refractivity contribution in [1.82, 2.24) is 0 Å². The Hall–Kier alpha value is -1.53. The Labute approximate surface area is 132 Å². The maximum Gasteiger partial charge on any atom is 0.335 e. The lowest BCUT2D eigenvalue weighted by Gasteiger charge is -2.07. The maximum absolute atomic E-state index is 13.3. The molecule has 0 bridgehead atoms. The highest BCUT2D eigenvalue weighted by Crippen LogP contribution is 2.20. The topological polar surface area (TPSA) is 54.4 Å². The number of carboxylic acids is 1. The smallest absolute Gasteiger partial charge is 0.335 e. The van der Waals surface area contributed by atoms with Crippen LogP contribution in [0, 0.1) is 12.7 Å². The Balaban J connectivity index is 2.28. The maximum atomic E-state index is 13.3. The van der Waals surface area contributed by atoms with Crippen molar-refractivity contribution in [2.75, 3.05) is 0 Å². The summed E-state index contributed by atoms with van der Waals surface area (Å²) in [5, 5.41) is 9.08. The first-order valence-corrected chi connectivity index (χ1v) is 8.15. The first kappa shape index (κ1) is 15.9. The summed E-state index contributed by atoms with van der Waals surface area (Å²) < 4.78 is 26.2. The van der Waals surface area contributed by atoms with Crippen molar-refractivity contribution < 1.29 is 18.5 Å². The third kappa shape index (κ3) is 3.98. The average Bonchev–Trinajstić information content (AvgIpc) is 2.37. The Kier molecular flexibility index (Phi) is 4.90. The number of benzene rings is 2. The van der Waals surface area contributed by atoms with Gasteiger partial charge in [-0.2, -0.15) is 0 Å². The number of aryl methyl sites for hydroxylation is 1. The molecule has 0 aliphatic heterocycles. The van der Waals surface area contributed by atoms with Gasteiger partial charge in [-0.25, -0.2) is 9.18 Å². The summed E-state index contributed by atoms with van der Waals surface area (Å²) in [4.78, 5) is 11.5. The first-order valence-electron chi connectivity index (χ1n) is 6.04. The molecule has 0 aliphatic carbocycles. The van der Waals surface area contributed by atoms with Gasteiger partial charge in [0.05, 0.1) is 22.1 Å². The number of hydrogen-bond donors (Lipinski definition) is 1. The zero-order chi connectivity index (χ0) is 15.6. The predicted octanol–water partition coefficient (Wildman–Crippen LogP) is 3.90.